The van der Waals surface area contributed by atoms with Crippen LogP contribution in [0.5, 0.6) is 5.75 Å². The minimum atomic E-state index is -4.87. The number of carbonyl (C=O) groups excluding carboxylic acids is 1. The van der Waals surface area contributed by atoms with Gasteiger partial charge in [-0.15, -0.1) is 0 Å². The van der Waals surface area contributed by atoms with E-state index in [1.54, 1.807) is 31.4 Å². The third-order valence-electron chi connectivity index (χ3n) is 5.05. The second-order valence-corrected chi connectivity index (χ2v) is 11.0. The molecule has 1 heterocycles. The lowest BCUT2D eigenvalue weighted by molar-refractivity contribution is 0.0838. The zero-order chi connectivity index (χ0) is 20.9. The monoisotopic (exact) mass is 435 g/mol. The van der Waals surface area contributed by atoms with Crippen molar-refractivity contribution in [2.75, 3.05) is 26.7 Å². The molecule has 0 aromatic heterocycles. The van der Waals surface area contributed by atoms with Crippen LogP contribution >= 0.6 is 15.2 Å². The van der Waals surface area contributed by atoms with Crippen molar-refractivity contribution in [3.05, 3.63) is 29.8 Å². The predicted octanol–water partition coefficient (Wildman–Crippen LogP) is 2.05. The molecule has 158 valence electrons. The number of likely N-dealkylation sites (tertiary alicyclic amines) is 1. The Balaban J connectivity index is 1.81. The van der Waals surface area contributed by atoms with Gasteiger partial charge in [0.15, 0.2) is 11.2 Å². The van der Waals surface area contributed by atoms with Crippen LogP contribution < -0.4 is 4.74 Å². The fourth-order valence-electron chi connectivity index (χ4n) is 3.44. The van der Waals surface area contributed by atoms with Crippen LogP contribution in [0.15, 0.2) is 24.3 Å². The summed E-state index contributed by atoms with van der Waals surface area (Å²) in [5.74, 6) is 0.697. The Bertz CT molecular complexity index is 727. The van der Waals surface area contributed by atoms with Crippen LogP contribution in [-0.2, 0) is 9.13 Å². The molecule has 4 N–H and O–H groups in total. The molecular weight excluding hydrogens is 408 g/mol. The van der Waals surface area contributed by atoms with Crippen molar-refractivity contribution in [2.45, 2.75) is 31.1 Å². The SMILES string of the molecule is COc1ccc(C(=O)C2CCN(CCCC(P(=O)(O)O)P(=O)(O)O)CC2)cc1. The van der Waals surface area contributed by atoms with E-state index in [2.05, 4.69) is 0 Å². The van der Waals surface area contributed by atoms with Gasteiger partial charge in [0.05, 0.1) is 7.11 Å². The highest BCUT2D eigenvalue weighted by Gasteiger charge is 2.42. The Morgan fingerprint density at radius 1 is 1.11 bits per heavy atom. The Morgan fingerprint density at radius 3 is 2.11 bits per heavy atom. The first-order valence-corrected chi connectivity index (χ1v) is 12.4. The zero-order valence-electron chi connectivity index (χ0n) is 15.7. The summed E-state index contributed by atoms with van der Waals surface area (Å²) in [5.41, 5.74) is 0.644. The van der Waals surface area contributed by atoms with Crippen LogP contribution in [0.2, 0.25) is 0 Å². The highest BCUT2D eigenvalue weighted by Crippen LogP contribution is 2.61. The first-order valence-electron chi connectivity index (χ1n) is 9.03. The number of Topliss-reactive ketones (excluding diaryl/α,β-unsaturated/α-hetero) is 1. The maximum absolute atomic E-state index is 12.6. The number of hydrogen-bond donors (Lipinski definition) is 4. The number of benzene rings is 1. The number of carbonyl (C=O) groups is 1. The Kier molecular flexibility index (Phi) is 7.99. The number of ether oxygens (including phenoxy) is 1. The van der Waals surface area contributed by atoms with E-state index in [1.807, 2.05) is 4.90 Å². The van der Waals surface area contributed by atoms with E-state index in [4.69, 9.17) is 24.3 Å². The van der Waals surface area contributed by atoms with Gasteiger partial charge in [-0.3, -0.25) is 13.9 Å². The smallest absolute Gasteiger partial charge is 0.340 e. The maximum atomic E-state index is 12.6. The fraction of sp³-hybridized carbons (Fsp3) is 0.588. The molecule has 0 radical (unpaired) electrons. The molecule has 0 spiro atoms. The maximum Gasteiger partial charge on any atom is 0.340 e. The molecule has 1 aromatic carbocycles. The van der Waals surface area contributed by atoms with Crippen molar-refractivity contribution in [2.24, 2.45) is 5.92 Å². The molecule has 0 unspecified atom stereocenters. The summed E-state index contributed by atoms with van der Waals surface area (Å²) in [4.78, 5) is 51.2. The lowest BCUT2D eigenvalue weighted by Gasteiger charge is -2.31. The third-order valence-corrected chi connectivity index (χ3v) is 8.92. The van der Waals surface area contributed by atoms with Crippen LogP contribution in [0.25, 0.3) is 0 Å². The number of rotatable bonds is 9. The third kappa shape index (κ3) is 6.49. The average Bonchev–Trinajstić information content (AvgIpc) is 2.63. The van der Waals surface area contributed by atoms with E-state index in [1.165, 1.54) is 0 Å². The van der Waals surface area contributed by atoms with Crippen molar-refractivity contribution < 1.29 is 38.2 Å². The molecule has 1 aliphatic rings. The predicted molar refractivity (Wildman–Crippen MR) is 104 cm³/mol. The standard InChI is InChI=1S/C17H27NO8P2/c1-26-15-6-4-13(5-7-15)17(19)14-8-11-18(12-9-14)10-2-3-16(27(20,21)22)28(23,24)25/h4-7,14,16H,2-3,8-12H2,1H3,(H2,20,21,22)(H2,23,24,25). The van der Waals surface area contributed by atoms with Crippen LogP contribution in [0.3, 0.4) is 0 Å². The average molecular weight is 435 g/mol. The topological polar surface area (TPSA) is 145 Å². The Labute approximate surface area is 164 Å². The van der Waals surface area contributed by atoms with E-state index in [0.717, 1.165) is 0 Å². The molecule has 1 fully saturated rings. The van der Waals surface area contributed by atoms with Gasteiger partial charge in [0.25, 0.3) is 0 Å². The van der Waals surface area contributed by atoms with Crippen LogP contribution in [0.1, 0.15) is 36.0 Å². The molecule has 0 amide bonds. The Morgan fingerprint density at radius 2 is 1.64 bits per heavy atom. The van der Waals surface area contributed by atoms with E-state index in [0.29, 0.717) is 43.8 Å². The number of methoxy groups -OCH3 is 1. The summed E-state index contributed by atoms with van der Waals surface area (Å²) in [7, 11) is -8.17. The van der Waals surface area contributed by atoms with Gasteiger partial charge in [-0.2, -0.15) is 0 Å². The second kappa shape index (κ2) is 9.63. The lowest BCUT2D eigenvalue weighted by Crippen LogP contribution is -2.37. The fourth-order valence-corrected chi connectivity index (χ4v) is 6.04. The van der Waals surface area contributed by atoms with Gasteiger partial charge in [-0.05, 0) is 69.6 Å². The van der Waals surface area contributed by atoms with Crippen LogP contribution in [-0.4, -0.2) is 62.4 Å². The molecule has 0 saturated carbocycles. The molecule has 9 nitrogen and oxygen atoms in total. The number of nitrogens with zero attached hydrogens (tertiary/aromatic N) is 1. The molecule has 0 bridgehead atoms. The van der Waals surface area contributed by atoms with Crippen molar-refractivity contribution in [3.8, 4) is 5.75 Å². The molecule has 1 aliphatic heterocycles. The molecule has 0 atom stereocenters. The van der Waals surface area contributed by atoms with Crippen molar-refractivity contribution in [1.29, 1.82) is 0 Å². The minimum absolute atomic E-state index is 0.0809. The molecular formula is C17H27NO8P2. The quantitative estimate of drug-likeness (QED) is 0.338. The summed E-state index contributed by atoms with van der Waals surface area (Å²) in [6, 6.07) is 7.00. The van der Waals surface area contributed by atoms with Gasteiger partial charge >= 0.3 is 15.2 Å². The Hall–Kier alpha value is -1.05. The second-order valence-electron chi connectivity index (χ2n) is 7.01. The van der Waals surface area contributed by atoms with E-state index in [9.17, 15) is 13.9 Å². The first kappa shape index (κ1) is 23.2. The summed E-state index contributed by atoms with van der Waals surface area (Å²) in [5, 5.41) is -1.95. The van der Waals surface area contributed by atoms with E-state index in [-0.39, 0.29) is 24.5 Å². The highest BCUT2D eigenvalue weighted by atomic mass is 31.2. The largest absolute Gasteiger partial charge is 0.497 e. The van der Waals surface area contributed by atoms with E-state index >= 15 is 0 Å². The van der Waals surface area contributed by atoms with Crippen molar-refractivity contribution in [1.82, 2.24) is 4.90 Å². The van der Waals surface area contributed by atoms with Gasteiger partial charge in [0.1, 0.15) is 5.75 Å². The first-order chi connectivity index (χ1) is 13.0. The molecule has 0 aliphatic carbocycles. The van der Waals surface area contributed by atoms with Gasteiger partial charge in [0, 0.05) is 11.5 Å². The van der Waals surface area contributed by atoms with E-state index < -0.39 is 20.6 Å². The summed E-state index contributed by atoms with van der Waals surface area (Å²) in [6.45, 7) is 1.78. The minimum Gasteiger partial charge on any atom is -0.497 e. The number of piperidine rings is 1. The summed E-state index contributed by atoms with van der Waals surface area (Å²) in [6.07, 6.45) is 1.35. The zero-order valence-corrected chi connectivity index (χ0v) is 17.5. The van der Waals surface area contributed by atoms with Gasteiger partial charge in [-0.1, -0.05) is 0 Å². The molecule has 1 aromatic rings. The molecule has 2 rings (SSSR count). The van der Waals surface area contributed by atoms with Crippen molar-refractivity contribution in [3.63, 3.8) is 0 Å². The molecule has 11 heteroatoms. The molecule has 28 heavy (non-hydrogen) atoms. The molecule has 1 saturated heterocycles. The normalized spacial score (nSPS) is 17.1. The summed E-state index contributed by atoms with van der Waals surface area (Å²) >= 11 is 0. The van der Waals surface area contributed by atoms with Crippen LogP contribution in [0, 0.1) is 5.92 Å². The van der Waals surface area contributed by atoms with Crippen molar-refractivity contribution >= 4 is 21.0 Å². The van der Waals surface area contributed by atoms with Gasteiger partial charge in [0.2, 0.25) is 0 Å². The van der Waals surface area contributed by atoms with Gasteiger partial charge in [-0.25, -0.2) is 0 Å². The lowest BCUT2D eigenvalue weighted by atomic mass is 9.89. The summed E-state index contributed by atoms with van der Waals surface area (Å²) < 4.78 is 27.7. The van der Waals surface area contributed by atoms with Gasteiger partial charge < -0.3 is 29.2 Å². The number of ketones is 1. The number of hydrogen-bond acceptors (Lipinski definition) is 5. The highest BCUT2D eigenvalue weighted by molar-refractivity contribution is 7.70. The van der Waals surface area contributed by atoms with Crippen LogP contribution in [0.4, 0.5) is 0 Å².